The number of carbonyl (C=O) groups excluding carboxylic acids is 4. The van der Waals surface area contributed by atoms with Gasteiger partial charge in [0.1, 0.15) is 21.4 Å². The molecule has 4 rings (SSSR count). The predicted octanol–water partition coefficient (Wildman–Crippen LogP) is 5.54. The van der Waals surface area contributed by atoms with E-state index in [-0.39, 0.29) is 28.3 Å². The second-order valence-corrected chi connectivity index (χ2v) is 9.77. The largest absolute Gasteiger partial charge is 0.461 e. The zero-order valence-electron chi connectivity index (χ0n) is 21.2. The zero-order valence-corrected chi connectivity index (χ0v) is 24.4. The van der Waals surface area contributed by atoms with Gasteiger partial charge in [0.05, 0.1) is 18.5 Å². The van der Waals surface area contributed by atoms with Crippen LogP contribution in [0, 0.1) is 0 Å². The summed E-state index contributed by atoms with van der Waals surface area (Å²) in [5.41, 5.74) is 2.91. The maximum atomic E-state index is 11.5. The lowest BCUT2D eigenvalue weighted by atomic mass is 10.2. The van der Waals surface area contributed by atoms with Crippen molar-refractivity contribution in [2.75, 3.05) is 18.5 Å². The summed E-state index contributed by atoms with van der Waals surface area (Å²) in [4.78, 5) is 62.1. The van der Waals surface area contributed by atoms with Crippen molar-refractivity contribution in [3.8, 4) is 21.1 Å². The van der Waals surface area contributed by atoms with Gasteiger partial charge in [-0.3, -0.25) is 19.6 Å². The highest BCUT2D eigenvalue weighted by molar-refractivity contribution is 9.09. The molecule has 0 unspecified atom stereocenters. The fourth-order valence-electron chi connectivity index (χ4n) is 2.89. The van der Waals surface area contributed by atoms with Crippen LogP contribution in [0.4, 0.5) is 0 Å². The normalized spacial score (nSPS) is 10.3. The van der Waals surface area contributed by atoms with Crippen LogP contribution in [-0.2, 0) is 9.47 Å². The fourth-order valence-corrected chi connectivity index (χ4v) is 4.74. The van der Waals surface area contributed by atoms with Crippen LogP contribution in [0.2, 0.25) is 0 Å². The van der Waals surface area contributed by atoms with Crippen molar-refractivity contribution in [3.63, 3.8) is 0 Å². The Morgan fingerprint density at radius 1 is 0.744 bits per heavy atom. The lowest BCUT2D eigenvalue weighted by Crippen LogP contribution is -2.04. The van der Waals surface area contributed by atoms with E-state index in [0.29, 0.717) is 34.6 Å². The van der Waals surface area contributed by atoms with Gasteiger partial charge in [-0.2, -0.15) is 0 Å². The van der Waals surface area contributed by atoms with E-state index in [4.69, 9.17) is 9.47 Å². The van der Waals surface area contributed by atoms with Crippen LogP contribution in [0.25, 0.3) is 21.1 Å². The van der Waals surface area contributed by atoms with Gasteiger partial charge in [-0.25, -0.2) is 19.6 Å². The van der Waals surface area contributed by atoms with E-state index in [1.807, 2.05) is 0 Å². The van der Waals surface area contributed by atoms with Crippen LogP contribution in [0.1, 0.15) is 62.7 Å². The number of nitrogens with zero attached hydrogens (tertiary/aromatic N) is 4. The Kier molecular flexibility index (Phi) is 11.1. The first-order valence-electron chi connectivity index (χ1n) is 11.6. The minimum atomic E-state index is -0.436. The van der Waals surface area contributed by atoms with Crippen LogP contribution in [0.3, 0.4) is 0 Å². The van der Waals surface area contributed by atoms with Crippen molar-refractivity contribution < 1.29 is 28.7 Å². The molecule has 10 nitrogen and oxygen atoms in total. The number of rotatable bonds is 9. The first-order chi connectivity index (χ1) is 18.8. The minimum Gasteiger partial charge on any atom is -0.461 e. The highest BCUT2D eigenvalue weighted by atomic mass is 79.9. The number of thiazole rings is 2. The Morgan fingerprint density at radius 2 is 1.21 bits per heavy atom. The lowest BCUT2D eigenvalue weighted by molar-refractivity contribution is 0.0511. The van der Waals surface area contributed by atoms with Crippen molar-refractivity contribution in [1.29, 1.82) is 0 Å². The molecule has 0 fully saturated rings. The molecule has 0 saturated heterocycles. The van der Waals surface area contributed by atoms with Gasteiger partial charge in [0.15, 0.2) is 23.0 Å². The standard InChI is InChI=1S/C13H11BrN2O3S.C13H12N2O3S/c1-2-19-13(18)10-7-20-12(16-10)8-3-4-9(15-6-8)11(17)5-14;1-3-18-13(17)11-7-19-12(15-11)9-4-5-10(8(2)16)14-6-9/h3-4,6-7H,2,5H2,1H3;4-7H,3H2,1-2H3. The molecule has 0 atom stereocenters. The van der Waals surface area contributed by atoms with Gasteiger partial charge in [0.25, 0.3) is 0 Å². The van der Waals surface area contributed by atoms with Crippen LogP contribution in [0.15, 0.2) is 47.4 Å². The summed E-state index contributed by atoms with van der Waals surface area (Å²) in [5, 5.41) is 4.87. The fraction of sp³-hybridized carbons (Fsp3) is 0.231. The molecular weight excluding hydrogens is 608 g/mol. The highest BCUT2D eigenvalue weighted by Gasteiger charge is 2.14. The van der Waals surface area contributed by atoms with Gasteiger partial charge in [0.2, 0.25) is 0 Å². The summed E-state index contributed by atoms with van der Waals surface area (Å²) in [6.07, 6.45) is 3.15. The Labute approximate surface area is 240 Å². The molecule has 0 aromatic carbocycles. The van der Waals surface area contributed by atoms with Gasteiger partial charge in [-0.15, -0.1) is 22.7 Å². The van der Waals surface area contributed by atoms with Gasteiger partial charge in [-0.1, -0.05) is 15.9 Å². The second-order valence-electron chi connectivity index (χ2n) is 7.49. The van der Waals surface area contributed by atoms with E-state index in [9.17, 15) is 19.2 Å². The molecule has 0 aliphatic rings. The van der Waals surface area contributed by atoms with E-state index in [1.165, 1.54) is 29.6 Å². The Balaban J connectivity index is 0.000000216. The number of halogens is 1. The van der Waals surface area contributed by atoms with Crippen LogP contribution in [-0.4, -0.2) is 62.0 Å². The number of aromatic nitrogens is 4. The maximum absolute atomic E-state index is 11.5. The molecule has 4 heterocycles. The van der Waals surface area contributed by atoms with Crippen molar-refractivity contribution in [2.45, 2.75) is 20.8 Å². The number of ether oxygens (including phenoxy) is 2. The SMILES string of the molecule is CCOC(=O)c1csc(-c2ccc(C(=O)CBr)nc2)n1.CCOC(=O)c1csc(-c2ccc(C(C)=O)nc2)n1. The molecule has 0 saturated carbocycles. The second kappa shape index (κ2) is 14.5. The number of ketones is 2. The molecule has 0 amide bonds. The molecular formula is C26H23BrN4O6S2. The summed E-state index contributed by atoms with van der Waals surface area (Å²) in [5.74, 6) is -1.03. The first kappa shape index (κ1) is 29.9. The van der Waals surface area contributed by atoms with Crippen molar-refractivity contribution >= 4 is 62.1 Å². The molecule has 0 N–H and O–H groups in total. The number of pyridine rings is 2. The Morgan fingerprint density at radius 3 is 1.56 bits per heavy atom. The summed E-state index contributed by atoms with van der Waals surface area (Å²) in [6.45, 7) is 5.59. The predicted molar refractivity (Wildman–Crippen MR) is 151 cm³/mol. The lowest BCUT2D eigenvalue weighted by Gasteiger charge is -1.99. The average molecular weight is 632 g/mol. The van der Waals surface area contributed by atoms with Crippen molar-refractivity contribution in [2.24, 2.45) is 0 Å². The van der Waals surface area contributed by atoms with Gasteiger partial charge >= 0.3 is 11.9 Å². The molecule has 0 bridgehead atoms. The van der Waals surface area contributed by atoms with Crippen LogP contribution in [0.5, 0.6) is 0 Å². The molecule has 0 radical (unpaired) electrons. The first-order valence-corrected chi connectivity index (χ1v) is 14.4. The number of carbonyl (C=O) groups is 4. The van der Waals surface area contributed by atoms with Gasteiger partial charge in [-0.05, 0) is 38.1 Å². The highest BCUT2D eigenvalue weighted by Crippen LogP contribution is 2.24. The molecule has 4 aromatic rings. The number of hydrogen-bond acceptors (Lipinski definition) is 12. The van der Waals surface area contributed by atoms with Crippen LogP contribution >= 0.6 is 38.6 Å². The van der Waals surface area contributed by atoms with Gasteiger partial charge < -0.3 is 9.47 Å². The molecule has 0 aliphatic carbocycles. The van der Waals surface area contributed by atoms with E-state index >= 15 is 0 Å². The van der Waals surface area contributed by atoms with Crippen LogP contribution < -0.4 is 0 Å². The van der Waals surface area contributed by atoms with E-state index in [0.717, 1.165) is 11.1 Å². The quantitative estimate of drug-likeness (QED) is 0.131. The number of hydrogen-bond donors (Lipinski definition) is 0. The van der Waals surface area contributed by atoms with E-state index < -0.39 is 11.9 Å². The number of esters is 2. The molecule has 0 spiro atoms. The monoisotopic (exact) mass is 630 g/mol. The molecule has 0 aliphatic heterocycles. The number of Topliss-reactive ketones (excluding diaryl/α,β-unsaturated/α-hetero) is 2. The summed E-state index contributed by atoms with van der Waals surface area (Å²) >= 11 is 5.76. The number of alkyl halides is 1. The summed E-state index contributed by atoms with van der Waals surface area (Å²) in [6, 6.07) is 6.81. The van der Waals surface area contributed by atoms with Crippen molar-refractivity contribution in [1.82, 2.24) is 19.9 Å². The topological polar surface area (TPSA) is 138 Å². The van der Waals surface area contributed by atoms with E-state index in [2.05, 4.69) is 35.9 Å². The maximum Gasteiger partial charge on any atom is 0.357 e. The minimum absolute atomic E-state index is 0.0806. The average Bonchev–Trinajstić information content (AvgIpc) is 3.64. The Hall–Kier alpha value is -3.68. The molecule has 202 valence electrons. The van der Waals surface area contributed by atoms with E-state index in [1.54, 1.807) is 61.3 Å². The third kappa shape index (κ3) is 8.15. The molecule has 13 heteroatoms. The Bertz CT molecular complexity index is 1450. The molecule has 39 heavy (non-hydrogen) atoms. The summed E-state index contributed by atoms with van der Waals surface area (Å²) < 4.78 is 9.75. The summed E-state index contributed by atoms with van der Waals surface area (Å²) in [7, 11) is 0. The third-order valence-electron chi connectivity index (χ3n) is 4.77. The zero-order chi connectivity index (χ0) is 28.4. The molecule has 4 aromatic heterocycles. The van der Waals surface area contributed by atoms with Gasteiger partial charge in [0, 0.05) is 41.2 Å². The third-order valence-corrected chi connectivity index (χ3v) is 7.06. The van der Waals surface area contributed by atoms with Crippen molar-refractivity contribution in [3.05, 3.63) is 70.2 Å². The smallest absolute Gasteiger partial charge is 0.357 e.